The van der Waals surface area contributed by atoms with Crippen molar-refractivity contribution in [2.75, 3.05) is 18.4 Å². The number of thiophene rings is 1. The smallest absolute Gasteiger partial charge is 0.226 e. The number of nitrogens with one attached hydrogen (secondary N) is 1. The number of thiazole rings is 1. The van der Waals surface area contributed by atoms with Gasteiger partial charge in [-0.2, -0.15) is 11.3 Å². The molecule has 1 saturated heterocycles. The van der Waals surface area contributed by atoms with Gasteiger partial charge in [-0.15, -0.1) is 11.3 Å². The molecule has 0 radical (unpaired) electrons. The number of aryl methyl sites for hydroxylation is 1. The average Bonchev–Trinajstić information content (AvgIpc) is 3.16. The average molecular weight is 364 g/mol. The fraction of sp³-hybridized carbons (Fsp3) is 0.556. The molecule has 2 aromatic heterocycles. The van der Waals surface area contributed by atoms with Crippen LogP contribution in [0.15, 0.2) is 22.2 Å². The van der Waals surface area contributed by atoms with Crippen molar-refractivity contribution >= 4 is 33.7 Å². The third-order valence-corrected chi connectivity index (χ3v) is 5.89. The summed E-state index contributed by atoms with van der Waals surface area (Å²) in [6.07, 6.45) is 2.61. The summed E-state index contributed by atoms with van der Waals surface area (Å²) in [5.41, 5.74) is 2.29. The Bertz CT molecular complexity index is 643. The number of aromatic nitrogens is 1. The van der Waals surface area contributed by atoms with Crippen LogP contribution in [-0.2, 0) is 17.8 Å². The van der Waals surface area contributed by atoms with Crippen LogP contribution >= 0.6 is 22.7 Å². The molecule has 3 rings (SSSR count). The highest BCUT2D eigenvalue weighted by molar-refractivity contribution is 7.13. The van der Waals surface area contributed by atoms with Crippen molar-refractivity contribution < 1.29 is 4.79 Å². The predicted octanol–water partition coefficient (Wildman–Crippen LogP) is 4.25. The van der Waals surface area contributed by atoms with Crippen LogP contribution in [0.1, 0.15) is 37.9 Å². The number of hydrogen-bond donors (Lipinski definition) is 1. The van der Waals surface area contributed by atoms with Crippen molar-refractivity contribution in [2.24, 2.45) is 11.8 Å². The Balaban J connectivity index is 1.47. The number of rotatable bonds is 6. The van der Waals surface area contributed by atoms with Crippen molar-refractivity contribution in [3.05, 3.63) is 33.5 Å². The molecule has 1 fully saturated rings. The minimum atomic E-state index is 0.0438. The van der Waals surface area contributed by atoms with Crippen LogP contribution in [-0.4, -0.2) is 28.9 Å². The first-order valence-corrected chi connectivity index (χ1v) is 10.4. The highest BCUT2D eigenvalue weighted by Crippen LogP contribution is 2.24. The van der Waals surface area contributed by atoms with Gasteiger partial charge in [0.1, 0.15) is 0 Å². The summed E-state index contributed by atoms with van der Waals surface area (Å²) in [6.45, 7) is 7.82. The van der Waals surface area contributed by atoms with Gasteiger partial charge in [0.05, 0.1) is 5.69 Å². The van der Waals surface area contributed by atoms with Gasteiger partial charge in [-0.05, 0) is 47.1 Å². The molecule has 3 heterocycles. The number of likely N-dealkylation sites (tertiary alicyclic amines) is 1. The number of carbonyl (C=O) groups excluding carboxylic acids is 1. The summed E-state index contributed by atoms with van der Waals surface area (Å²) < 4.78 is 0. The van der Waals surface area contributed by atoms with Crippen LogP contribution in [0.3, 0.4) is 0 Å². The summed E-state index contributed by atoms with van der Waals surface area (Å²) >= 11 is 3.19. The molecule has 130 valence electrons. The molecule has 4 nitrogen and oxygen atoms in total. The van der Waals surface area contributed by atoms with E-state index >= 15 is 0 Å². The predicted molar refractivity (Wildman–Crippen MR) is 102 cm³/mol. The van der Waals surface area contributed by atoms with E-state index < -0.39 is 0 Å². The molecule has 0 spiro atoms. The van der Waals surface area contributed by atoms with Crippen LogP contribution in [0.5, 0.6) is 0 Å². The number of amides is 1. The van der Waals surface area contributed by atoms with Gasteiger partial charge in [0.15, 0.2) is 5.13 Å². The van der Waals surface area contributed by atoms with Crippen molar-refractivity contribution in [2.45, 2.75) is 39.7 Å². The Hall–Kier alpha value is -1.24. The monoisotopic (exact) mass is 363 g/mol. The quantitative estimate of drug-likeness (QED) is 0.834. The number of hydrogen-bond acceptors (Lipinski definition) is 5. The number of piperidine rings is 1. The molecule has 1 amide bonds. The molecule has 6 heteroatoms. The first kappa shape index (κ1) is 17.6. The fourth-order valence-corrected chi connectivity index (χ4v) is 4.88. The molecule has 2 atom stereocenters. The Morgan fingerprint density at radius 3 is 2.83 bits per heavy atom. The van der Waals surface area contributed by atoms with E-state index in [-0.39, 0.29) is 5.91 Å². The second-order valence-electron chi connectivity index (χ2n) is 6.96. The molecule has 2 aromatic rings. The lowest BCUT2D eigenvalue weighted by atomic mass is 9.92. The zero-order valence-corrected chi connectivity index (χ0v) is 16.0. The summed E-state index contributed by atoms with van der Waals surface area (Å²) in [5, 5.41) is 9.86. The molecule has 1 aliphatic heterocycles. The van der Waals surface area contributed by atoms with E-state index in [1.165, 1.54) is 23.3 Å². The summed E-state index contributed by atoms with van der Waals surface area (Å²) in [5.74, 6) is 1.55. The molecule has 0 aromatic carbocycles. The minimum Gasteiger partial charge on any atom is -0.302 e. The minimum absolute atomic E-state index is 0.0438. The van der Waals surface area contributed by atoms with Crippen molar-refractivity contribution in [1.29, 1.82) is 0 Å². The van der Waals surface area contributed by atoms with Crippen LogP contribution < -0.4 is 5.32 Å². The van der Waals surface area contributed by atoms with E-state index in [9.17, 15) is 4.79 Å². The third-order valence-electron chi connectivity index (χ3n) is 4.35. The highest BCUT2D eigenvalue weighted by Gasteiger charge is 2.22. The summed E-state index contributed by atoms with van der Waals surface area (Å²) in [4.78, 5) is 19.1. The van der Waals surface area contributed by atoms with E-state index in [1.54, 1.807) is 11.3 Å². The maximum atomic E-state index is 12.0. The SMILES string of the molecule is CC1CC(C)CN(Cc2csc(NC(=O)CCc3ccsc3)n2)C1. The Kier molecular flexibility index (Phi) is 6.03. The third kappa shape index (κ3) is 5.13. The van der Waals surface area contributed by atoms with E-state index in [0.29, 0.717) is 6.42 Å². The molecule has 0 bridgehead atoms. The largest absolute Gasteiger partial charge is 0.302 e. The van der Waals surface area contributed by atoms with Crippen LogP contribution in [0, 0.1) is 11.8 Å². The molecular weight excluding hydrogens is 338 g/mol. The molecule has 0 aliphatic carbocycles. The molecule has 0 saturated carbocycles. The second-order valence-corrected chi connectivity index (χ2v) is 8.60. The summed E-state index contributed by atoms with van der Waals surface area (Å²) in [7, 11) is 0. The zero-order chi connectivity index (χ0) is 16.9. The first-order valence-electron chi connectivity index (χ1n) is 8.56. The molecule has 24 heavy (non-hydrogen) atoms. The van der Waals surface area contributed by atoms with Gasteiger partial charge in [-0.3, -0.25) is 9.69 Å². The van der Waals surface area contributed by atoms with Gasteiger partial charge < -0.3 is 5.32 Å². The van der Waals surface area contributed by atoms with E-state index in [4.69, 9.17) is 0 Å². The molecular formula is C18H25N3OS2. The van der Waals surface area contributed by atoms with Gasteiger partial charge in [0.2, 0.25) is 5.91 Å². The standard InChI is InChI=1S/C18H25N3OS2/c1-13-7-14(2)9-21(8-13)10-16-12-24-18(19-16)20-17(22)4-3-15-5-6-23-11-15/h5-6,11-14H,3-4,7-10H2,1-2H3,(H,19,20,22). The number of carbonyl (C=O) groups is 1. The van der Waals surface area contributed by atoms with E-state index in [2.05, 4.69) is 45.9 Å². The highest BCUT2D eigenvalue weighted by atomic mass is 32.1. The fourth-order valence-electron chi connectivity index (χ4n) is 3.46. The van der Waals surface area contributed by atoms with Crippen molar-refractivity contribution in [3.8, 4) is 0 Å². The van der Waals surface area contributed by atoms with E-state index in [1.807, 2.05) is 5.38 Å². The Labute approximate surface area is 151 Å². The summed E-state index contributed by atoms with van der Waals surface area (Å²) in [6, 6.07) is 2.07. The maximum absolute atomic E-state index is 12.0. The second kappa shape index (κ2) is 8.23. The Morgan fingerprint density at radius 1 is 1.33 bits per heavy atom. The van der Waals surface area contributed by atoms with Gasteiger partial charge in [0, 0.05) is 31.4 Å². The molecule has 1 aliphatic rings. The van der Waals surface area contributed by atoms with Gasteiger partial charge >= 0.3 is 0 Å². The molecule has 1 N–H and O–H groups in total. The van der Waals surface area contributed by atoms with Gasteiger partial charge in [-0.25, -0.2) is 4.98 Å². The first-order chi connectivity index (χ1) is 11.6. The van der Waals surface area contributed by atoms with Crippen LogP contribution in [0.2, 0.25) is 0 Å². The molecule has 2 unspecified atom stereocenters. The zero-order valence-electron chi connectivity index (χ0n) is 14.3. The van der Waals surface area contributed by atoms with Crippen LogP contribution in [0.4, 0.5) is 5.13 Å². The Morgan fingerprint density at radius 2 is 2.12 bits per heavy atom. The van der Waals surface area contributed by atoms with Gasteiger partial charge in [-0.1, -0.05) is 13.8 Å². The lowest BCUT2D eigenvalue weighted by Gasteiger charge is -2.34. The van der Waals surface area contributed by atoms with Crippen molar-refractivity contribution in [1.82, 2.24) is 9.88 Å². The lowest BCUT2D eigenvalue weighted by Crippen LogP contribution is -2.38. The maximum Gasteiger partial charge on any atom is 0.226 e. The van der Waals surface area contributed by atoms with Crippen LogP contribution in [0.25, 0.3) is 0 Å². The van der Waals surface area contributed by atoms with E-state index in [0.717, 1.165) is 48.7 Å². The number of anilines is 1. The normalized spacial score (nSPS) is 21.8. The van der Waals surface area contributed by atoms with Crippen molar-refractivity contribution in [3.63, 3.8) is 0 Å². The number of nitrogens with zero attached hydrogens (tertiary/aromatic N) is 2. The topological polar surface area (TPSA) is 45.2 Å². The lowest BCUT2D eigenvalue weighted by molar-refractivity contribution is -0.116. The van der Waals surface area contributed by atoms with Gasteiger partial charge in [0.25, 0.3) is 0 Å².